The van der Waals surface area contributed by atoms with Gasteiger partial charge in [-0.15, -0.1) is 0 Å². The number of carbonyl (C=O) groups excluding carboxylic acids is 2. The Morgan fingerprint density at radius 3 is 2.45 bits per heavy atom. The second-order valence-electron chi connectivity index (χ2n) is 5.43. The van der Waals surface area contributed by atoms with Crippen molar-refractivity contribution in [2.24, 2.45) is 17.6 Å². The Balaban J connectivity index is 2.58. The molecule has 1 aliphatic carbocycles. The summed E-state index contributed by atoms with van der Waals surface area (Å²) in [5.41, 5.74) is 5.09. The van der Waals surface area contributed by atoms with E-state index in [1.807, 2.05) is 13.8 Å². The normalized spacial score (nSPS) is 24.7. The fraction of sp³-hybridized carbons (Fsp3) is 0.769. The van der Waals surface area contributed by atoms with E-state index in [4.69, 9.17) is 10.8 Å². The number of amides is 3. The van der Waals surface area contributed by atoms with Gasteiger partial charge in [-0.1, -0.05) is 20.3 Å². The summed E-state index contributed by atoms with van der Waals surface area (Å²) >= 11 is 0. The standard InChI is InChI=1S/C13H23N3O4/c1-3-7(2)10(16-13(14)20)11(17)15-9-5-4-8(6-9)12(18)19/h7-10H,3-6H2,1-2H3,(H,15,17)(H,18,19)(H3,14,16,20). The summed E-state index contributed by atoms with van der Waals surface area (Å²) in [6.07, 6.45) is 2.37. The minimum absolute atomic E-state index is 0.0424. The number of aliphatic carboxylic acids is 1. The molecule has 0 aromatic rings. The molecule has 1 saturated carbocycles. The van der Waals surface area contributed by atoms with Crippen molar-refractivity contribution >= 4 is 17.9 Å². The first kappa shape index (κ1) is 16.3. The predicted octanol–water partition coefficient (Wildman–Crippen LogP) is 0.439. The van der Waals surface area contributed by atoms with E-state index in [1.54, 1.807) is 0 Å². The lowest BCUT2D eigenvalue weighted by Crippen LogP contribution is -2.53. The third-order valence-corrected chi connectivity index (χ3v) is 3.92. The van der Waals surface area contributed by atoms with Crippen LogP contribution in [0.5, 0.6) is 0 Å². The highest BCUT2D eigenvalue weighted by Gasteiger charge is 2.33. The zero-order valence-electron chi connectivity index (χ0n) is 11.9. The Labute approximate surface area is 118 Å². The predicted molar refractivity (Wildman–Crippen MR) is 72.9 cm³/mol. The number of hydrogen-bond donors (Lipinski definition) is 4. The minimum Gasteiger partial charge on any atom is -0.481 e. The zero-order valence-corrected chi connectivity index (χ0v) is 11.9. The van der Waals surface area contributed by atoms with Crippen molar-refractivity contribution in [2.45, 2.75) is 51.6 Å². The van der Waals surface area contributed by atoms with Crippen molar-refractivity contribution < 1.29 is 19.5 Å². The molecule has 4 atom stereocenters. The molecule has 1 rings (SSSR count). The van der Waals surface area contributed by atoms with E-state index < -0.39 is 24.0 Å². The summed E-state index contributed by atoms with van der Waals surface area (Å²) in [5, 5.41) is 14.2. The van der Waals surface area contributed by atoms with Gasteiger partial charge < -0.3 is 21.5 Å². The SMILES string of the molecule is CCC(C)C(NC(N)=O)C(=O)NC1CCC(C(=O)O)C1. The van der Waals surface area contributed by atoms with Gasteiger partial charge in [0.25, 0.3) is 0 Å². The average Bonchev–Trinajstić information content (AvgIpc) is 2.83. The van der Waals surface area contributed by atoms with Gasteiger partial charge in [0.05, 0.1) is 5.92 Å². The van der Waals surface area contributed by atoms with E-state index in [0.29, 0.717) is 19.3 Å². The number of carbonyl (C=O) groups is 3. The Morgan fingerprint density at radius 1 is 1.35 bits per heavy atom. The van der Waals surface area contributed by atoms with Crippen molar-refractivity contribution in [3.05, 3.63) is 0 Å². The fourth-order valence-electron chi connectivity index (χ4n) is 2.48. The van der Waals surface area contributed by atoms with Crippen LogP contribution in [0, 0.1) is 11.8 Å². The second-order valence-corrected chi connectivity index (χ2v) is 5.43. The summed E-state index contributed by atoms with van der Waals surface area (Å²) in [5.74, 6) is -1.56. The quantitative estimate of drug-likeness (QED) is 0.565. The molecule has 0 spiro atoms. The molecule has 114 valence electrons. The Morgan fingerprint density at radius 2 is 2.00 bits per heavy atom. The maximum absolute atomic E-state index is 12.2. The minimum atomic E-state index is -0.824. The van der Waals surface area contributed by atoms with Gasteiger partial charge >= 0.3 is 12.0 Å². The topological polar surface area (TPSA) is 122 Å². The zero-order chi connectivity index (χ0) is 15.3. The second kappa shape index (κ2) is 7.12. The van der Waals surface area contributed by atoms with Gasteiger partial charge in [-0.3, -0.25) is 9.59 Å². The molecule has 7 heteroatoms. The van der Waals surface area contributed by atoms with Crippen LogP contribution in [0.1, 0.15) is 39.5 Å². The van der Waals surface area contributed by atoms with E-state index in [9.17, 15) is 14.4 Å². The van der Waals surface area contributed by atoms with Crippen LogP contribution in [-0.2, 0) is 9.59 Å². The van der Waals surface area contributed by atoms with Gasteiger partial charge in [-0.2, -0.15) is 0 Å². The number of nitrogens with one attached hydrogen (secondary N) is 2. The summed E-state index contributed by atoms with van der Waals surface area (Å²) in [6.45, 7) is 3.78. The molecule has 0 radical (unpaired) electrons. The van der Waals surface area contributed by atoms with Crippen LogP contribution in [0.2, 0.25) is 0 Å². The Hall–Kier alpha value is -1.79. The smallest absolute Gasteiger partial charge is 0.312 e. The lowest BCUT2D eigenvalue weighted by atomic mass is 9.98. The first-order valence-electron chi connectivity index (χ1n) is 6.94. The molecule has 1 aliphatic rings. The summed E-state index contributed by atoms with van der Waals surface area (Å²) in [6, 6.07) is -1.56. The lowest BCUT2D eigenvalue weighted by molar-refractivity contribution is -0.141. The number of hydrogen-bond acceptors (Lipinski definition) is 3. The van der Waals surface area contributed by atoms with Crippen LogP contribution < -0.4 is 16.4 Å². The third-order valence-electron chi connectivity index (χ3n) is 3.92. The van der Waals surface area contributed by atoms with Crippen LogP contribution in [0.3, 0.4) is 0 Å². The van der Waals surface area contributed by atoms with Gasteiger partial charge in [-0.25, -0.2) is 4.79 Å². The molecule has 0 bridgehead atoms. The van der Waals surface area contributed by atoms with Gasteiger partial charge in [0.15, 0.2) is 0 Å². The van der Waals surface area contributed by atoms with E-state index >= 15 is 0 Å². The molecular weight excluding hydrogens is 262 g/mol. The molecule has 1 fully saturated rings. The number of carboxylic acid groups (broad SMARTS) is 1. The van der Waals surface area contributed by atoms with Crippen LogP contribution in [0.25, 0.3) is 0 Å². The van der Waals surface area contributed by atoms with Crippen LogP contribution in [0.15, 0.2) is 0 Å². The fourth-order valence-corrected chi connectivity index (χ4v) is 2.48. The summed E-state index contributed by atoms with van der Waals surface area (Å²) in [4.78, 5) is 34.0. The van der Waals surface area contributed by atoms with Gasteiger partial charge in [0.1, 0.15) is 6.04 Å². The molecule has 0 heterocycles. The number of nitrogens with two attached hydrogens (primary N) is 1. The molecule has 3 amide bonds. The molecule has 4 unspecified atom stereocenters. The number of carboxylic acids is 1. The average molecular weight is 285 g/mol. The number of primary amides is 1. The highest BCUT2D eigenvalue weighted by molar-refractivity contribution is 5.87. The van der Waals surface area contributed by atoms with E-state index in [0.717, 1.165) is 6.42 Å². The first-order chi connectivity index (χ1) is 9.35. The summed E-state index contributed by atoms with van der Waals surface area (Å²) in [7, 11) is 0. The highest BCUT2D eigenvalue weighted by Crippen LogP contribution is 2.25. The van der Waals surface area contributed by atoms with Gasteiger partial charge in [-0.05, 0) is 25.2 Å². The van der Waals surface area contributed by atoms with E-state index in [-0.39, 0.29) is 17.9 Å². The molecule has 0 aromatic heterocycles. The largest absolute Gasteiger partial charge is 0.481 e. The molecule has 0 aliphatic heterocycles. The maximum Gasteiger partial charge on any atom is 0.312 e. The summed E-state index contributed by atoms with van der Waals surface area (Å²) < 4.78 is 0. The maximum atomic E-state index is 12.2. The highest BCUT2D eigenvalue weighted by atomic mass is 16.4. The van der Waals surface area contributed by atoms with Crippen LogP contribution >= 0.6 is 0 Å². The van der Waals surface area contributed by atoms with E-state index in [1.165, 1.54) is 0 Å². The monoisotopic (exact) mass is 285 g/mol. The Kier molecular flexibility index (Phi) is 5.79. The molecular formula is C13H23N3O4. The van der Waals surface area contributed by atoms with Crippen molar-refractivity contribution in [1.29, 1.82) is 0 Å². The molecule has 7 nitrogen and oxygen atoms in total. The van der Waals surface area contributed by atoms with Crippen LogP contribution in [0.4, 0.5) is 4.79 Å². The van der Waals surface area contributed by atoms with Gasteiger partial charge in [0.2, 0.25) is 5.91 Å². The lowest BCUT2D eigenvalue weighted by Gasteiger charge is -2.24. The third kappa shape index (κ3) is 4.40. The Bertz CT molecular complexity index is 386. The van der Waals surface area contributed by atoms with E-state index in [2.05, 4.69) is 10.6 Å². The van der Waals surface area contributed by atoms with Gasteiger partial charge in [0, 0.05) is 6.04 Å². The number of rotatable bonds is 6. The van der Waals surface area contributed by atoms with Crippen molar-refractivity contribution in [3.63, 3.8) is 0 Å². The van der Waals surface area contributed by atoms with Crippen molar-refractivity contribution in [3.8, 4) is 0 Å². The first-order valence-corrected chi connectivity index (χ1v) is 6.94. The molecule has 20 heavy (non-hydrogen) atoms. The number of urea groups is 1. The molecule has 5 N–H and O–H groups in total. The van der Waals surface area contributed by atoms with Crippen molar-refractivity contribution in [2.75, 3.05) is 0 Å². The van der Waals surface area contributed by atoms with Crippen molar-refractivity contribution in [1.82, 2.24) is 10.6 Å². The van der Waals surface area contributed by atoms with Crippen LogP contribution in [-0.4, -0.2) is 35.1 Å². The molecule has 0 aromatic carbocycles. The molecule has 0 saturated heterocycles.